The van der Waals surface area contributed by atoms with Gasteiger partial charge in [0.15, 0.2) is 5.16 Å². The summed E-state index contributed by atoms with van der Waals surface area (Å²) in [5, 5.41) is 9.86. The molecular formula is C28H28N4O3S. The van der Waals surface area contributed by atoms with Gasteiger partial charge in [-0.1, -0.05) is 72.4 Å². The van der Waals surface area contributed by atoms with Gasteiger partial charge in [-0.25, -0.2) is 0 Å². The van der Waals surface area contributed by atoms with E-state index in [1.54, 1.807) is 18.9 Å². The Morgan fingerprint density at radius 1 is 0.944 bits per heavy atom. The molecule has 0 atom stereocenters. The second-order valence-electron chi connectivity index (χ2n) is 8.42. The number of amides is 1. The third kappa shape index (κ3) is 5.29. The maximum absolute atomic E-state index is 13.2. The maximum atomic E-state index is 13.2. The van der Waals surface area contributed by atoms with Crippen LogP contribution in [0.15, 0.2) is 84.0 Å². The van der Waals surface area contributed by atoms with Crippen LogP contribution >= 0.6 is 11.8 Å². The molecule has 1 amide bonds. The number of para-hydroxylation sites is 2. The second kappa shape index (κ2) is 11.4. The minimum atomic E-state index is 0.0467. The highest BCUT2D eigenvalue weighted by molar-refractivity contribution is 7.98. The van der Waals surface area contributed by atoms with E-state index in [0.29, 0.717) is 38.5 Å². The average molecular weight is 501 g/mol. The van der Waals surface area contributed by atoms with Gasteiger partial charge in [-0.15, -0.1) is 10.2 Å². The van der Waals surface area contributed by atoms with E-state index < -0.39 is 0 Å². The minimum Gasteiger partial charge on any atom is -0.495 e. The van der Waals surface area contributed by atoms with Crippen LogP contribution < -0.4 is 4.74 Å². The molecule has 3 aromatic carbocycles. The average Bonchev–Trinajstić information content (AvgIpc) is 3.34. The molecule has 36 heavy (non-hydrogen) atoms. The van der Waals surface area contributed by atoms with Gasteiger partial charge in [-0.05, 0) is 29.3 Å². The van der Waals surface area contributed by atoms with Crippen molar-refractivity contribution >= 4 is 17.7 Å². The van der Waals surface area contributed by atoms with Crippen molar-refractivity contribution in [3.63, 3.8) is 0 Å². The van der Waals surface area contributed by atoms with Crippen LogP contribution in [0.4, 0.5) is 0 Å². The van der Waals surface area contributed by atoms with Gasteiger partial charge in [0.2, 0.25) is 0 Å². The normalized spacial score (nSPS) is 13.5. The number of morpholine rings is 1. The summed E-state index contributed by atoms with van der Waals surface area (Å²) in [6, 6.07) is 25.9. The molecule has 1 fully saturated rings. The summed E-state index contributed by atoms with van der Waals surface area (Å²) < 4.78 is 13.1. The first-order valence-corrected chi connectivity index (χ1v) is 12.9. The first kappa shape index (κ1) is 24.1. The number of carbonyl (C=O) groups is 1. The van der Waals surface area contributed by atoms with Crippen LogP contribution in [0.2, 0.25) is 0 Å². The van der Waals surface area contributed by atoms with Crippen molar-refractivity contribution in [3.8, 4) is 11.4 Å². The molecule has 0 unspecified atom stereocenters. The Labute approximate surface area is 215 Å². The van der Waals surface area contributed by atoms with Gasteiger partial charge in [0.25, 0.3) is 5.91 Å². The highest BCUT2D eigenvalue weighted by Crippen LogP contribution is 2.31. The number of benzene rings is 3. The third-order valence-corrected chi connectivity index (χ3v) is 7.11. The van der Waals surface area contributed by atoms with Crippen molar-refractivity contribution in [3.05, 3.63) is 101 Å². The Kier molecular flexibility index (Phi) is 7.64. The Hall–Kier alpha value is -3.62. The standard InChI is InChI=1S/C28H28N4O3S/c1-34-25-14-8-7-13-24(25)32-26(19-21-9-3-2-4-10-21)29-30-28(32)36-20-22-11-5-6-12-23(22)27(33)31-15-17-35-18-16-31/h2-14H,15-20H2,1H3. The summed E-state index contributed by atoms with van der Waals surface area (Å²) in [5.74, 6) is 2.21. The number of carbonyl (C=O) groups excluding carboxylic acids is 1. The van der Waals surface area contributed by atoms with Crippen LogP contribution in [0, 0.1) is 0 Å². The zero-order valence-corrected chi connectivity index (χ0v) is 21.0. The lowest BCUT2D eigenvalue weighted by molar-refractivity contribution is 0.0302. The van der Waals surface area contributed by atoms with Gasteiger partial charge in [-0.2, -0.15) is 0 Å². The van der Waals surface area contributed by atoms with Crippen LogP contribution in [0.1, 0.15) is 27.3 Å². The lowest BCUT2D eigenvalue weighted by atomic mass is 10.1. The Morgan fingerprint density at radius 2 is 1.67 bits per heavy atom. The fourth-order valence-corrected chi connectivity index (χ4v) is 5.24. The van der Waals surface area contributed by atoms with Crippen LogP contribution in [0.5, 0.6) is 5.75 Å². The molecule has 0 radical (unpaired) electrons. The molecule has 5 rings (SSSR count). The quantitative estimate of drug-likeness (QED) is 0.329. The van der Waals surface area contributed by atoms with E-state index in [1.807, 2.05) is 71.6 Å². The van der Waals surface area contributed by atoms with Gasteiger partial charge < -0.3 is 14.4 Å². The van der Waals surface area contributed by atoms with Crippen LogP contribution in [0.3, 0.4) is 0 Å². The van der Waals surface area contributed by atoms with Gasteiger partial charge in [0.1, 0.15) is 11.6 Å². The minimum absolute atomic E-state index is 0.0467. The summed E-state index contributed by atoms with van der Waals surface area (Å²) in [6.07, 6.45) is 0.637. The largest absolute Gasteiger partial charge is 0.495 e. The molecule has 1 aliphatic heterocycles. The van der Waals surface area contributed by atoms with Crippen molar-refractivity contribution in [2.24, 2.45) is 0 Å². The molecule has 0 N–H and O–H groups in total. The predicted octanol–water partition coefficient (Wildman–Crippen LogP) is 4.63. The number of hydrogen-bond acceptors (Lipinski definition) is 6. The van der Waals surface area contributed by atoms with Crippen molar-refractivity contribution in [2.75, 3.05) is 33.4 Å². The molecule has 1 saturated heterocycles. The van der Waals surface area contributed by atoms with E-state index in [1.165, 1.54) is 0 Å². The van der Waals surface area contributed by atoms with E-state index in [-0.39, 0.29) is 5.91 Å². The number of thioether (sulfide) groups is 1. The van der Waals surface area contributed by atoms with Crippen molar-refractivity contribution in [1.29, 1.82) is 0 Å². The molecule has 184 valence electrons. The zero-order chi connectivity index (χ0) is 24.7. The van der Waals surface area contributed by atoms with Crippen molar-refractivity contribution in [2.45, 2.75) is 17.3 Å². The van der Waals surface area contributed by atoms with Gasteiger partial charge in [0, 0.05) is 30.8 Å². The molecule has 8 heteroatoms. The molecule has 4 aromatic rings. The molecule has 1 aliphatic rings. The van der Waals surface area contributed by atoms with Crippen molar-refractivity contribution in [1.82, 2.24) is 19.7 Å². The number of ether oxygens (including phenoxy) is 2. The topological polar surface area (TPSA) is 69.5 Å². The summed E-state index contributed by atoms with van der Waals surface area (Å²) in [7, 11) is 1.67. The smallest absolute Gasteiger partial charge is 0.254 e. The molecule has 2 heterocycles. The lowest BCUT2D eigenvalue weighted by Crippen LogP contribution is -2.41. The summed E-state index contributed by atoms with van der Waals surface area (Å²) in [5.41, 5.74) is 3.73. The van der Waals surface area contributed by atoms with E-state index in [4.69, 9.17) is 9.47 Å². The van der Waals surface area contributed by atoms with Crippen LogP contribution in [0.25, 0.3) is 5.69 Å². The molecule has 0 bridgehead atoms. The van der Waals surface area contributed by atoms with E-state index in [9.17, 15) is 4.79 Å². The molecule has 7 nitrogen and oxygen atoms in total. The Bertz CT molecular complexity index is 1320. The number of aromatic nitrogens is 3. The monoisotopic (exact) mass is 500 g/mol. The highest BCUT2D eigenvalue weighted by Gasteiger charge is 2.22. The summed E-state index contributed by atoms with van der Waals surface area (Å²) >= 11 is 1.56. The molecule has 0 saturated carbocycles. The van der Waals surface area contributed by atoms with E-state index >= 15 is 0 Å². The summed E-state index contributed by atoms with van der Waals surface area (Å²) in [4.78, 5) is 15.1. The number of methoxy groups -OCH3 is 1. The highest BCUT2D eigenvalue weighted by atomic mass is 32.2. The Balaban J connectivity index is 1.45. The first-order chi connectivity index (χ1) is 17.7. The third-order valence-electron chi connectivity index (χ3n) is 6.13. The second-order valence-corrected chi connectivity index (χ2v) is 9.36. The Morgan fingerprint density at radius 3 is 2.47 bits per heavy atom. The van der Waals surface area contributed by atoms with Gasteiger partial charge >= 0.3 is 0 Å². The van der Waals surface area contributed by atoms with Gasteiger partial charge in [0.05, 0.1) is 26.0 Å². The predicted molar refractivity (Wildman–Crippen MR) is 140 cm³/mol. The first-order valence-electron chi connectivity index (χ1n) is 11.9. The molecular weight excluding hydrogens is 472 g/mol. The maximum Gasteiger partial charge on any atom is 0.254 e. The number of hydrogen-bond donors (Lipinski definition) is 0. The lowest BCUT2D eigenvalue weighted by Gasteiger charge is -2.27. The summed E-state index contributed by atoms with van der Waals surface area (Å²) in [6.45, 7) is 2.39. The van der Waals surface area contributed by atoms with Crippen LogP contribution in [-0.2, 0) is 16.9 Å². The van der Waals surface area contributed by atoms with E-state index in [2.05, 4.69) is 26.9 Å². The fourth-order valence-electron chi connectivity index (χ4n) is 4.28. The van der Waals surface area contributed by atoms with Crippen molar-refractivity contribution < 1.29 is 14.3 Å². The van der Waals surface area contributed by atoms with Gasteiger partial charge in [-0.3, -0.25) is 9.36 Å². The number of rotatable bonds is 8. The van der Waals surface area contributed by atoms with Crippen LogP contribution in [-0.4, -0.2) is 59.0 Å². The molecule has 1 aromatic heterocycles. The fraction of sp³-hybridized carbons (Fsp3) is 0.250. The molecule has 0 spiro atoms. The van der Waals surface area contributed by atoms with E-state index in [0.717, 1.165) is 39.1 Å². The molecule has 0 aliphatic carbocycles. The zero-order valence-electron chi connectivity index (χ0n) is 20.2. The number of nitrogens with zero attached hydrogens (tertiary/aromatic N) is 4. The SMILES string of the molecule is COc1ccccc1-n1c(Cc2ccccc2)nnc1SCc1ccccc1C(=O)N1CCOCC1.